The average molecular weight is 433 g/mol. The van der Waals surface area contributed by atoms with Crippen LogP contribution in [0.4, 0.5) is 0 Å². The SMILES string of the molecule is C[C@H](C[C@@H](Cc1ccc(-c2ccccc2)cc1)NC(=O)c1ccnc(C(=O)O)n1)C(=O)O. The Kier molecular flexibility index (Phi) is 7.28. The molecule has 3 aromatic rings. The standard InChI is InChI=1S/C24H23N3O5/c1-15(23(29)30)13-19(26-22(28)20-11-12-25-21(27-20)24(31)32)14-16-7-9-18(10-8-16)17-5-3-2-4-6-17/h2-12,15,19H,13-14H2,1H3,(H,26,28)(H,29,30)(H,31,32)/t15-,19+/m1/s1. The van der Waals surface area contributed by atoms with Gasteiger partial charge in [0.25, 0.3) is 5.91 Å². The third kappa shape index (κ3) is 5.98. The fraction of sp³-hybridized carbons (Fsp3) is 0.208. The minimum Gasteiger partial charge on any atom is -0.481 e. The van der Waals surface area contributed by atoms with E-state index in [1.807, 2.05) is 54.6 Å². The van der Waals surface area contributed by atoms with E-state index in [-0.39, 0.29) is 12.1 Å². The zero-order chi connectivity index (χ0) is 23.1. The molecule has 164 valence electrons. The van der Waals surface area contributed by atoms with E-state index in [9.17, 15) is 19.5 Å². The van der Waals surface area contributed by atoms with Crippen molar-refractivity contribution in [2.24, 2.45) is 5.92 Å². The summed E-state index contributed by atoms with van der Waals surface area (Å²) >= 11 is 0. The Morgan fingerprint density at radius 2 is 1.59 bits per heavy atom. The molecule has 1 amide bonds. The van der Waals surface area contributed by atoms with Gasteiger partial charge in [0.1, 0.15) is 5.69 Å². The maximum absolute atomic E-state index is 12.7. The lowest BCUT2D eigenvalue weighted by Gasteiger charge is -2.21. The van der Waals surface area contributed by atoms with Gasteiger partial charge in [-0.1, -0.05) is 61.5 Å². The van der Waals surface area contributed by atoms with E-state index in [4.69, 9.17) is 5.11 Å². The lowest BCUT2D eigenvalue weighted by molar-refractivity contribution is -0.141. The molecular weight excluding hydrogens is 410 g/mol. The minimum atomic E-state index is -1.34. The summed E-state index contributed by atoms with van der Waals surface area (Å²) in [4.78, 5) is 42.5. The van der Waals surface area contributed by atoms with Crippen LogP contribution in [0.1, 0.15) is 40.0 Å². The molecule has 8 heteroatoms. The summed E-state index contributed by atoms with van der Waals surface area (Å²) in [6, 6.07) is 18.6. The van der Waals surface area contributed by atoms with Gasteiger partial charge >= 0.3 is 11.9 Å². The number of aromatic nitrogens is 2. The van der Waals surface area contributed by atoms with Gasteiger partial charge in [-0.05, 0) is 35.6 Å². The molecule has 0 radical (unpaired) electrons. The normalized spacial score (nSPS) is 12.5. The first-order chi connectivity index (χ1) is 15.3. The van der Waals surface area contributed by atoms with Gasteiger partial charge in [-0.2, -0.15) is 0 Å². The molecule has 3 rings (SSSR count). The second kappa shape index (κ2) is 10.3. The first-order valence-electron chi connectivity index (χ1n) is 10.1. The summed E-state index contributed by atoms with van der Waals surface area (Å²) in [7, 11) is 0. The van der Waals surface area contributed by atoms with Gasteiger partial charge in [0.05, 0.1) is 5.92 Å². The summed E-state index contributed by atoms with van der Waals surface area (Å²) in [5.74, 6) is -4.04. The minimum absolute atomic E-state index is 0.0928. The van der Waals surface area contributed by atoms with E-state index < -0.39 is 35.6 Å². The highest BCUT2D eigenvalue weighted by molar-refractivity contribution is 5.93. The van der Waals surface area contributed by atoms with Crippen LogP contribution in [0.25, 0.3) is 11.1 Å². The zero-order valence-electron chi connectivity index (χ0n) is 17.4. The van der Waals surface area contributed by atoms with Crippen LogP contribution in [-0.4, -0.2) is 44.1 Å². The van der Waals surface area contributed by atoms with Gasteiger partial charge in [0, 0.05) is 12.2 Å². The van der Waals surface area contributed by atoms with Crippen molar-refractivity contribution in [1.29, 1.82) is 0 Å². The topological polar surface area (TPSA) is 129 Å². The number of nitrogens with zero attached hydrogens (tertiary/aromatic N) is 2. The molecule has 2 atom stereocenters. The van der Waals surface area contributed by atoms with Crippen molar-refractivity contribution >= 4 is 17.8 Å². The van der Waals surface area contributed by atoms with Crippen molar-refractivity contribution in [2.75, 3.05) is 0 Å². The maximum atomic E-state index is 12.7. The smallest absolute Gasteiger partial charge is 0.373 e. The first-order valence-corrected chi connectivity index (χ1v) is 10.1. The van der Waals surface area contributed by atoms with Crippen molar-refractivity contribution in [3.63, 3.8) is 0 Å². The molecule has 8 nitrogen and oxygen atoms in total. The Hall–Kier alpha value is -4.07. The van der Waals surface area contributed by atoms with Crippen LogP contribution < -0.4 is 5.32 Å². The van der Waals surface area contributed by atoms with Crippen LogP contribution in [0.3, 0.4) is 0 Å². The number of benzene rings is 2. The summed E-state index contributed by atoms with van der Waals surface area (Å²) in [5, 5.41) is 21.1. The van der Waals surface area contributed by atoms with Crippen LogP contribution in [0.15, 0.2) is 66.9 Å². The summed E-state index contributed by atoms with van der Waals surface area (Å²) in [5.41, 5.74) is 2.98. The van der Waals surface area contributed by atoms with E-state index in [1.54, 1.807) is 6.92 Å². The number of hydrogen-bond donors (Lipinski definition) is 3. The predicted octanol–water partition coefficient (Wildman–Crippen LogP) is 3.29. The largest absolute Gasteiger partial charge is 0.481 e. The lowest BCUT2D eigenvalue weighted by atomic mass is 9.95. The molecule has 0 unspecified atom stereocenters. The molecule has 0 saturated heterocycles. The van der Waals surface area contributed by atoms with Gasteiger partial charge in [0.15, 0.2) is 0 Å². The van der Waals surface area contributed by atoms with Crippen LogP contribution in [0, 0.1) is 5.92 Å². The Morgan fingerprint density at radius 1 is 0.938 bits per heavy atom. The van der Waals surface area contributed by atoms with E-state index in [0.29, 0.717) is 6.42 Å². The number of aliphatic carboxylic acids is 1. The van der Waals surface area contributed by atoms with Gasteiger partial charge in [-0.25, -0.2) is 14.8 Å². The third-order valence-electron chi connectivity index (χ3n) is 5.02. The second-order valence-corrected chi connectivity index (χ2v) is 7.48. The highest BCUT2D eigenvalue weighted by Crippen LogP contribution is 2.20. The fourth-order valence-corrected chi connectivity index (χ4v) is 3.32. The third-order valence-corrected chi connectivity index (χ3v) is 5.02. The van der Waals surface area contributed by atoms with Crippen LogP contribution in [0.2, 0.25) is 0 Å². The molecule has 0 aliphatic carbocycles. The molecule has 0 bridgehead atoms. The molecule has 0 aliphatic rings. The van der Waals surface area contributed by atoms with E-state index in [1.165, 1.54) is 12.3 Å². The van der Waals surface area contributed by atoms with Crippen LogP contribution >= 0.6 is 0 Å². The number of carboxylic acids is 2. The lowest BCUT2D eigenvalue weighted by Crippen LogP contribution is -2.39. The zero-order valence-corrected chi connectivity index (χ0v) is 17.4. The van der Waals surface area contributed by atoms with Gasteiger partial charge in [-0.3, -0.25) is 9.59 Å². The van der Waals surface area contributed by atoms with Crippen LogP contribution in [0.5, 0.6) is 0 Å². The highest BCUT2D eigenvalue weighted by Gasteiger charge is 2.22. The molecule has 1 aromatic heterocycles. The van der Waals surface area contributed by atoms with Crippen molar-refractivity contribution < 1.29 is 24.6 Å². The maximum Gasteiger partial charge on any atom is 0.373 e. The van der Waals surface area contributed by atoms with E-state index >= 15 is 0 Å². The summed E-state index contributed by atoms with van der Waals surface area (Å²) in [6.07, 6.45) is 1.82. The molecule has 0 aliphatic heterocycles. The van der Waals surface area contributed by atoms with Crippen molar-refractivity contribution in [1.82, 2.24) is 15.3 Å². The molecule has 1 heterocycles. The monoisotopic (exact) mass is 433 g/mol. The van der Waals surface area contributed by atoms with Crippen molar-refractivity contribution in [2.45, 2.75) is 25.8 Å². The number of carbonyl (C=O) groups excluding carboxylic acids is 1. The van der Waals surface area contributed by atoms with Crippen molar-refractivity contribution in [3.8, 4) is 11.1 Å². The number of aromatic carboxylic acids is 1. The Morgan fingerprint density at radius 3 is 2.22 bits per heavy atom. The Bertz CT molecular complexity index is 1100. The first kappa shape index (κ1) is 22.6. The number of carbonyl (C=O) groups is 3. The van der Waals surface area contributed by atoms with Gasteiger partial charge in [0.2, 0.25) is 5.82 Å². The molecule has 32 heavy (non-hydrogen) atoms. The second-order valence-electron chi connectivity index (χ2n) is 7.48. The molecule has 0 fully saturated rings. The Balaban J connectivity index is 1.77. The molecule has 0 spiro atoms. The van der Waals surface area contributed by atoms with Gasteiger partial charge < -0.3 is 15.5 Å². The van der Waals surface area contributed by atoms with E-state index in [0.717, 1.165) is 16.7 Å². The van der Waals surface area contributed by atoms with Crippen LogP contribution in [-0.2, 0) is 11.2 Å². The Labute approximate surface area is 185 Å². The molecule has 2 aromatic carbocycles. The van der Waals surface area contributed by atoms with E-state index in [2.05, 4.69) is 15.3 Å². The number of amides is 1. The number of hydrogen-bond acceptors (Lipinski definition) is 5. The number of carboxylic acid groups (broad SMARTS) is 2. The quantitative estimate of drug-likeness (QED) is 0.472. The predicted molar refractivity (Wildman–Crippen MR) is 117 cm³/mol. The molecule has 3 N–H and O–H groups in total. The molecular formula is C24H23N3O5. The number of nitrogens with one attached hydrogen (secondary N) is 1. The van der Waals surface area contributed by atoms with Gasteiger partial charge in [-0.15, -0.1) is 0 Å². The van der Waals surface area contributed by atoms with Crippen molar-refractivity contribution in [3.05, 3.63) is 83.9 Å². The molecule has 0 saturated carbocycles. The average Bonchev–Trinajstić information content (AvgIpc) is 2.80. The summed E-state index contributed by atoms with van der Waals surface area (Å²) < 4.78 is 0. The number of rotatable bonds is 9. The highest BCUT2D eigenvalue weighted by atomic mass is 16.4. The fourth-order valence-electron chi connectivity index (χ4n) is 3.32. The summed E-state index contributed by atoms with van der Waals surface area (Å²) in [6.45, 7) is 1.58.